The molecule has 0 aliphatic heterocycles. The summed E-state index contributed by atoms with van der Waals surface area (Å²) in [4.78, 5) is 4.62. The molecule has 1 heterocycles. The van der Waals surface area contributed by atoms with Crippen LogP contribution < -0.4 is 5.32 Å². The highest BCUT2D eigenvalue weighted by Gasteiger charge is 2.46. The van der Waals surface area contributed by atoms with Gasteiger partial charge >= 0.3 is 0 Å². The highest BCUT2D eigenvalue weighted by Crippen LogP contribution is 2.49. The van der Waals surface area contributed by atoms with Crippen molar-refractivity contribution < 1.29 is 0 Å². The third-order valence-corrected chi connectivity index (χ3v) is 5.21. The molecule has 2 atom stereocenters. The van der Waals surface area contributed by atoms with Crippen molar-refractivity contribution in [2.45, 2.75) is 65.5 Å². The monoisotopic (exact) mass is 266 g/mol. The van der Waals surface area contributed by atoms with E-state index in [2.05, 4.69) is 50.3 Å². The molecule has 0 bridgehead atoms. The van der Waals surface area contributed by atoms with Crippen molar-refractivity contribution in [3.63, 3.8) is 0 Å². The summed E-state index contributed by atoms with van der Waals surface area (Å²) in [6, 6.07) is 0.498. The molecule has 0 radical (unpaired) electrons. The van der Waals surface area contributed by atoms with Gasteiger partial charge in [-0.3, -0.25) is 0 Å². The first-order chi connectivity index (χ1) is 8.36. The number of hydrogen-bond acceptors (Lipinski definition) is 3. The summed E-state index contributed by atoms with van der Waals surface area (Å²) < 4.78 is 0. The van der Waals surface area contributed by atoms with Gasteiger partial charge in [-0.15, -0.1) is 11.3 Å². The lowest BCUT2D eigenvalue weighted by molar-refractivity contribution is 0.0649. The number of hydrogen-bond donors (Lipinski definition) is 1. The maximum Gasteiger partial charge on any atom is 0.113 e. The molecule has 1 aliphatic carbocycles. The van der Waals surface area contributed by atoms with Crippen LogP contribution in [0, 0.1) is 11.3 Å². The Morgan fingerprint density at radius 3 is 2.61 bits per heavy atom. The lowest BCUT2D eigenvalue weighted by atomic mass is 9.64. The van der Waals surface area contributed by atoms with Crippen LogP contribution in [-0.4, -0.2) is 11.0 Å². The van der Waals surface area contributed by atoms with Crippen molar-refractivity contribution in [3.05, 3.63) is 16.6 Å². The first-order valence-electron chi connectivity index (χ1n) is 7.03. The molecular formula is C15H26N2S. The molecule has 102 valence electrons. The van der Waals surface area contributed by atoms with E-state index < -0.39 is 0 Å². The van der Waals surface area contributed by atoms with E-state index in [1.54, 1.807) is 11.3 Å². The van der Waals surface area contributed by atoms with Crippen LogP contribution in [0.3, 0.4) is 0 Å². The maximum absolute atomic E-state index is 4.62. The second kappa shape index (κ2) is 4.93. The Kier molecular flexibility index (Phi) is 3.84. The van der Waals surface area contributed by atoms with Crippen LogP contribution in [0.1, 0.15) is 58.9 Å². The van der Waals surface area contributed by atoms with Crippen LogP contribution in [0.25, 0.3) is 0 Å². The fourth-order valence-electron chi connectivity index (χ4n) is 3.44. The van der Waals surface area contributed by atoms with Crippen molar-refractivity contribution in [2.75, 3.05) is 0 Å². The Bertz CT molecular complexity index is 383. The van der Waals surface area contributed by atoms with E-state index in [0.717, 1.165) is 0 Å². The van der Waals surface area contributed by atoms with Crippen molar-refractivity contribution >= 4 is 11.3 Å². The van der Waals surface area contributed by atoms with Gasteiger partial charge in [-0.1, -0.05) is 20.8 Å². The SMILES string of the molecule is CC(C)NC1(c2nccs2)CCC(C)(C)CC1C. The zero-order chi connectivity index (χ0) is 13.4. The molecule has 1 aliphatic rings. The van der Waals surface area contributed by atoms with Gasteiger partial charge < -0.3 is 5.32 Å². The zero-order valence-corrected chi connectivity index (χ0v) is 13.1. The molecule has 1 aromatic heterocycles. The van der Waals surface area contributed by atoms with Gasteiger partial charge in [-0.2, -0.15) is 0 Å². The summed E-state index contributed by atoms with van der Waals surface area (Å²) in [6.45, 7) is 11.6. The van der Waals surface area contributed by atoms with Gasteiger partial charge in [0.2, 0.25) is 0 Å². The molecular weight excluding hydrogens is 240 g/mol. The molecule has 1 fully saturated rings. The van der Waals surface area contributed by atoms with Crippen LogP contribution in [0.2, 0.25) is 0 Å². The molecule has 3 heteroatoms. The molecule has 2 rings (SSSR count). The Morgan fingerprint density at radius 2 is 2.11 bits per heavy atom. The fourth-order valence-corrected chi connectivity index (χ4v) is 4.38. The van der Waals surface area contributed by atoms with E-state index in [9.17, 15) is 0 Å². The predicted molar refractivity (Wildman–Crippen MR) is 78.9 cm³/mol. The molecule has 0 spiro atoms. The third kappa shape index (κ3) is 2.62. The van der Waals surface area contributed by atoms with Gasteiger partial charge in [-0.25, -0.2) is 4.98 Å². The van der Waals surface area contributed by atoms with Crippen molar-refractivity contribution in [3.8, 4) is 0 Å². The minimum absolute atomic E-state index is 0.0951. The standard InChI is InChI=1S/C15H26N2S/c1-11(2)17-15(13-16-8-9-18-13)7-6-14(4,5)10-12(15)3/h8-9,11-12,17H,6-7,10H2,1-5H3. The van der Waals surface area contributed by atoms with E-state index in [1.165, 1.54) is 24.3 Å². The van der Waals surface area contributed by atoms with Crippen molar-refractivity contribution in [2.24, 2.45) is 11.3 Å². The second-order valence-corrected chi connectivity index (χ2v) is 7.77. The molecule has 1 aromatic rings. The number of rotatable bonds is 3. The van der Waals surface area contributed by atoms with Crippen molar-refractivity contribution in [1.29, 1.82) is 0 Å². The second-order valence-electron chi connectivity index (χ2n) is 6.88. The van der Waals surface area contributed by atoms with E-state index in [-0.39, 0.29) is 5.54 Å². The van der Waals surface area contributed by atoms with Gasteiger partial charge in [-0.05, 0) is 44.4 Å². The summed E-state index contributed by atoms with van der Waals surface area (Å²) in [5, 5.41) is 7.21. The first kappa shape index (κ1) is 14.0. The molecule has 2 nitrogen and oxygen atoms in total. The normalized spacial score (nSPS) is 31.8. The molecule has 1 N–H and O–H groups in total. The highest BCUT2D eigenvalue weighted by atomic mass is 32.1. The molecule has 1 saturated carbocycles. The minimum atomic E-state index is 0.0951. The van der Waals surface area contributed by atoms with Crippen LogP contribution >= 0.6 is 11.3 Å². The van der Waals surface area contributed by atoms with Crippen LogP contribution in [0.15, 0.2) is 11.6 Å². The number of nitrogens with zero attached hydrogens (tertiary/aromatic N) is 1. The maximum atomic E-state index is 4.62. The lowest BCUT2D eigenvalue weighted by Crippen LogP contribution is -2.54. The Balaban J connectivity index is 2.32. The van der Waals surface area contributed by atoms with Gasteiger partial charge in [0.25, 0.3) is 0 Å². The average Bonchev–Trinajstić information content (AvgIpc) is 2.75. The molecule has 0 aromatic carbocycles. The lowest BCUT2D eigenvalue weighted by Gasteiger charge is -2.48. The largest absolute Gasteiger partial charge is 0.303 e. The summed E-state index contributed by atoms with van der Waals surface area (Å²) >= 11 is 1.80. The summed E-state index contributed by atoms with van der Waals surface area (Å²) in [5.41, 5.74) is 0.566. The van der Waals surface area contributed by atoms with Gasteiger partial charge in [0.1, 0.15) is 5.01 Å². The van der Waals surface area contributed by atoms with Crippen molar-refractivity contribution in [1.82, 2.24) is 10.3 Å². The molecule has 0 amide bonds. The summed E-state index contributed by atoms with van der Waals surface area (Å²) in [5.74, 6) is 0.634. The highest BCUT2D eigenvalue weighted by molar-refractivity contribution is 7.09. The number of aromatic nitrogens is 1. The Morgan fingerprint density at radius 1 is 1.39 bits per heavy atom. The first-order valence-corrected chi connectivity index (χ1v) is 7.91. The van der Waals surface area contributed by atoms with Crippen LogP contribution in [0.5, 0.6) is 0 Å². The topological polar surface area (TPSA) is 24.9 Å². The smallest absolute Gasteiger partial charge is 0.113 e. The van der Waals surface area contributed by atoms with Crippen LogP contribution in [0.4, 0.5) is 0 Å². The molecule has 2 unspecified atom stereocenters. The predicted octanol–water partition coefficient (Wildman–Crippen LogP) is 4.18. The Labute approximate surface area is 115 Å². The Hall–Kier alpha value is -0.410. The molecule has 0 saturated heterocycles. The zero-order valence-electron chi connectivity index (χ0n) is 12.3. The summed E-state index contributed by atoms with van der Waals surface area (Å²) in [7, 11) is 0. The van der Waals surface area contributed by atoms with Gasteiger partial charge in [0.05, 0.1) is 5.54 Å². The number of thiazole rings is 1. The van der Waals surface area contributed by atoms with E-state index in [4.69, 9.17) is 0 Å². The van der Waals surface area contributed by atoms with Gasteiger partial charge in [0, 0.05) is 17.6 Å². The average molecular weight is 266 g/mol. The molecule has 18 heavy (non-hydrogen) atoms. The fraction of sp³-hybridized carbons (Fsp3) is 0.800. The quantitative estimate of drug-likeness (QED) is 0.887. The number of nitrogens with one attached hydrogen (secondary N) is 1. The summed E-state index contributed by atoms with van der Waals surface area (Å²) in [6.07, 6.45) is 5.69. The van der Waals surface area contributed by atoms with Gasteiger partial charge in [0.15, 0.2) is 0 Å². The minimum Gasteiger partial charge on any atom is -0.303 e. The van der Waals surface area contributed by atoms with Crippen LogP contribution in [-0.2, 0) is 5.54 Å². The van der Waals surface area contributed by atoms with E-state index >= 15 is 0 Å². The van der Waals surface area contributed by atoms with E-state index in [1.807, 2.05) is 6.20 Å². The third-order valence-electron chi connectivity index (χ3n) is 4.26. The van der Waals surface area contributed by atoms with E-state index in [0.29, 0.717) is 17.4 Å².